The topological polar surface area (TPSA) is 111 Å². The van der Waals surface area contributed by atoms with Crippen molar-refractivity contribution in [3.63, 3.8) is 0 Å². The number of amides is 1. The number of aromatic amines is 1. The number of carbonyl (C=O) groups excluding carboxylic acids is 1. The van der Waals surface area contributed by atoms with Crippen LogP contribution >= 0.6 is 11.3 Å². The van der Waals surface area contributed by atoms with E-state index >= 15 is 0 Å². The maximum absolute atomic E-state index is 12.8. The lowest BCUT2D eigenvalue weighted by Crippen LogP contribution is -2.12. The largest absolute Gasteiger partial charge is 0.379 e. The maximum atomic E-state index is 12.8. The predicted octanol–water partition coefficient (Wildman–Crippen LogP) is 3.01. The van der Waals surface area contributed by atoms with Gasteiger partial charge in [0.05, 0.1) is 30.2 Å². The Hall–Kier alpha value is -3.37. The van der Waals surface area contributed by atoms with E-state index in [0.29, 0.717) is 36.0 Å². The van der Waals surface area contributed by atoms with Crippen molar-refractivity contribution < 1.29 is 9.53 Å². The van der Waals surface area contributed by atoms with Crippen LogP contribution in [0.15, 0.2) is 48.4 Å². The molecule has 1 fully saturated rings. The van der Waals surface area contributed by atoms with E-state index < -0.39 is 0 Å². The zero-order valence-corrected chi connectivity index (χ0v) is 16.1. The van der Waals surface area contributed by atoms with Crippen molar-refractivity contribution >= 4 is 22.9 Å². The van der Waals surface area contributed by atoms with Crippen molar-refractivity contribution in [3.8, 4) is 22.0 Å². The molecule has 10 heteroatoms. The van der Waals surface area contributed by atoms with Gasteiger partial charge in [0, 0.05) is 36.1 Å². The van der Waals surface area contributed by atoms with E-state index in [1.165, 1.54) is 11.3 Å². The number of thiazole rings is 1. The molecule has 0 bridgehead atoms. The van der Waals surface area contributed by atoms with Crippen molar-refractivity contribution in [1.82, 2.24) is 29.9 Å². The molecule has 5 heterocycles. The zero-order valence-electron chi connectivity index (χ0n) is 15.3. The van der Waals surface area contributed by atoms with Crippen LogP contribution in [0.1, 0.15) is 23.0 Å². The summed E-state index contributed by atoms with van der Waals surface area (Å²) in [5.74, 6) is -0.296. The van der Waals surface area contributed by atoms with Gasteiger partial charge in [-0.2, -0.15) is 10.2 Å². The first-order valence-corrected chi connectivity index (χ1v) is 10.0. The number of hydrogen-bond acceptors (Lipinski definition) is 7. The second-order valence-electron chi connectivity index (χ2n) is 6.58. The number of pyridine rings is 1. The summed E-state index contributed by atoms with van der Waals surface area (Å²) in [5, 5.41) is 16.8. The Kier molecular flexibility index (Phi) is 4.62. The first-order chi connectivity index (χ1) is 14.3. The van der Waals surface area contributed by atoms with Gasteiger partial charge in [-0.05, 0) is 18.6 Å². The Morgan fingerprint density at radius 2 is 2.34 bits per heavy atom. The van der Waals surface area contributed by atoms with Crippen LogP contribution in [-0.2, 0) is 4.74 Å². The minimum atomic E-state index is -0.296. The third-order valence-electron chi connectivity index (χ3n) is 4.65. The van der Waals surface area contributed by atoms with Crippen LogP contribution in [0.25, 0.3) is 22.0 Å². The summed E-state index contributed by atoms with van der Waals surface area (Å²) < 4.78 is 7.33. The second-order valence-corrected chi connectivity index (χ2v) is 7.44. The molecule has 0 saturated carbocycles. The highest BCUT2D eigenvalue weighted by molar-refractivity contribution is 7.13. The van der Waals surface area contributed by atoms with E-state index in [4.69, 9.17) is 4.74 Å². The van der Waals surface area contributed by atoms with Gasteiger partial charge >= 0.3 is 0 Å². The van der Waals surface area contributed by atoms with Crippen molar-refractivity contribution in [2.75, 3.05) is 18.5 Å². The molecule has 1 unspecified atom stereocenters. The minimum Gasteiger partial charge on any atom is -0.379 e. The van der Waals surface area contributed by atoms with Gasteiger partial charge in [-0.15, -0.1) is 11.3 Å². The number of nitrogens with zero attached hydrogens (tertiary/aromatic N) is 5. The molecule has 5 rings (SSSR count). The van der Waals surface area contributed by atoms with E-state index in [2.05, 4.69) is 30.6 Å². The Balaban J connectivity index is 1.44. The number of ether oxygens (including phenoxy) is 1. The van der Waals surface area contributed by atoms with Crippen LogP contribution < -0.4 is 5.32 Å². The Morgan fingerprint density at radius 1 is 1.38 bits per heavy atom. The molecule has 29 heavy (non-hydrogen) atoms. The highest BCUT2D eigenvalue weighted by Gasteiger charge is 2.23. The quantitative estimate of drug-likeness (QED) is 0.526. The molecule has 1 amide bonds. The molecule has 0 aromatic carbocycles. The van der Waals surface area contributed by atoms with Gasteiger partial charge < -0.3 is 10.1 Å². The van der Waals surface area contributed by atoms with Gasteiger partial charge in [0.1, 0.15) is 16.4 Å². The number of rotatable bonds is 5. The standard InChI is InChI=1S/C19H17N7O2S/c27-18(16-11-29-19(24-16)12-7-21-22-8-12)23-15-9-26(13-4-6-28-10-13)25-17(15)14-3-1-2-5-20-14/h1-3,5,7-9,11,13H,4,6,10H2,(H,21,22)(H,23,27). The lowest BCUT2D eigenvalue weighted by Gasteiger charge is -2.06. The monoisotopic (exact) mass is 407 g/mol. The Bertz CT molecular complexity index is 1110. The number of H-pyrrole nitrogens is 1. The first-order valence-electron chi connectivity index (χ1n) is 9.12. The molecule has 1 aliphatic heterocycles. The average molecular weight is 407 g/mol. The zero-order chi connectivity index (χ0) is 19.6. The van der Waals surface area contributed by atoms with Crippen LogP contribution in [-0.4, -0.2) is 49.1 Å². The minimum absolute atomic E-state index is 0.148. The van der Waals surface area contributed by atoms with Crippen LogP contribution in [0.3, 0.4) is 0 Å². The number of hydrogen-bond donors (Lipinski definition) is 2. The lowest BCUT2D eigenvalue weighted by atomic mass is 10.2. The molecule has 0 aliphatic carbocycles. The van der Waals surface area contributed by atoms with Gasteiger partial charge in [-0.3, -0.25) is 19.6 Å². The summed E-state index contributed by atoms with van der Waals surface area (Å²) in [4.78, 5) is 21.6. The number of aromatic nitrogens is 6. The molecule has 1 atom stereocenters. The number of nitrogens with one attached hydrogen (secondary N) is 2. The highest BCUT2D eigenvalue weighted by Crippen LogP contribution is 2.29. The van der Waals surface area contributed by atoms with Crippen LogP contribution in [0.5, 0.6) is 0 Å². The molecule has 4 aromatic heterocycles. The van der Waals surface area contributed by atoms with Gasteiger partial charge in [0.2, 0.25) is 0 Å². The summed E-state index contributed by atoms with van der Waals surface area (Å²) in [6.45, 7) is 1.32. The molecular weight excluding hydrogens is 390 g/mol. The van der Waals surface area contributed by atoms with E-state index in [9.17, 15) is 4.79 Å². The van der Waals surface area contributed by atoms with Gasteiger partial charge in [-0.1, -0.05) is 6.07 Å². The van der Waals surface area contributed by atoms with E-state index in [1.807, 2.05) is 29.1 Å². The molecular formula is C19H17N7O2S. The fourth-order valence-corrected chi connectivity index (χ4v) is 3.94. The van der Waals surface area contributed by atoms with Crippen molar-refractivity contribution in [3.05, 3.63) is 54.1 Å². The van der Waals surface area contributed by atoms with Gasteiger partial charge in [0.25, 0.3) is 5.91 Å². The smallest absolute Gasteiger partial charge is 0.275 e. The SMILES string of the molecule is O=C(Nc1cn(C2CCOC2)nc1-c1ccccn1)c1csc(-c2cn[nH]c2)n1. The summed E-state index contributed by atoms with van der Waals surface area (Å²) in [6.07, 6.45) is 7.85. The molecule has 9 nitrogen and oxygen atoms in total. The van der Waals surface area contributed by atoms with Crippen LogP contribution in [0.4, 0.5) is 5.69 Å². The predicted molar refractivity (Wildman–Crippen MR) is 108 cm³/mol. The van der Waals surface area contributed by atoms with Crippen LogP contribution in [0.2, 0.25) is 0 Å². The first kappa shape index (κ1) is 17.7. The molecule has 1 saturated heterocycles. The van der Waals surface area contributed by atoms with E-state index in [-0.39, 0.29) is 11.9 Å². The Morgan fingerprint density at radius 3 is 3.10 bits per heavy atom. The van der Waals surface area contributed by atoms with Crippen LogP contribution in [0, 0.1) is 0 Å². The van der Waals surface area contributed by atoms with Gasteiger partial charge in [0.15, 0.2) is 0 Å². The van der Waals surface area contributed by atoms with E-state index in [1.54, 1.807) is 24.0 Å². The normalized spacial score (nSPS) is 16.2. The van der Waals surface area contributed by atoms with Crippen molar-refractivity contribution in [2.24, 2.45) is 0 Å². The average Bonchev–Trinajstić information content (AvgIpc) is 3.55. The molecule has 0 radical (unpaired) electrons. The molecule has 1 aliphatic rings. The fourth-order valence-electron chi connectivity index (χ4n) is 3.16. The molecule has 2 N–H and O–H groups in total. The van der Waals surface area contributed by atoms with Gasteiger partial charge in [-0.25, -0.2) is 4.98 Å². The maximum Gasteiger partial charge on any atom is 0.275 e. The molecule has 146 valence electrons. The third kappa shape index (κ3) is 3.55. The molecule has 4 aromatic rings. The van der Waals surface area contributed by atoms with Crippen molar-refractivity contribution in [1.29, 1.82) is 0 Å². The number of anilines is 1. The highest BCUT2D eigenvalue weighted by atomic mass is 32.1. The van der Waals surface area contributed by atoms with Crippen molar-refractivity contribution in [2.45, 2.75) is 12.5 Å². The fraction of sp³-hybridized carbons (Fsp3) is 0.211. The summed E-state index contributed by atoms with van der Waals surface area (Å²) >= 11 is 1.39. The molecule has 0 spiro atoms. The van der Waals surface area contributed by atoms with E-state index in [0.717, 1.165) is 17.0 Å². The lowest BCUT2D eigenvalue weighted by molar-refractivity contribution is 0.102. The summed E-state index contributed by atoms with van der Waals surface area (Å²) in [7, 11) is 0. The third-order valence-corrected chi connectivity index (χ3v) is 5.54. The Labute approximate surface area is 169 Å². The number of carbonyl (C=O) groups is 1. The second kappa shape index (κ2) is 7.57. The summed E-state index contributed by atoms with van der Waals surface area (Å²) in [6, 6.07) is 5.75. The summed E-state index contributed by atoms with van der Waals surface area (Å²) in [5.41, 5.74) is 3.10.